The van der Waals surface area contributed by atoms with Gasteiger partial charge in [-0.25, -0.2) is 27.5 Å². The zero-order valence-electron chi connectivity index (χ0n) is 19.8. The minimum atomic E-state index is -1.12. The average Bonchev–Trinajstić information content (AvgIpc) is 3.65. The van der Waals surface area contributed by atoms with Crippen molar-refractivity contribution in [2.24, 2.45) is 7.05 Å². The SMILES string of the molecule is Cn1c2nc(/C=C3\C(=O)C(=O)c4c(F)cc(F)cc43)sc2c2sc(/C=C3\C(=O)C(=O)c4c(F)cc(F)cc43)nc21. The van der Waals surface area contributed by atoms with Crippen molar-refractivity contribution in [3.05, 3.63) is 79.8 Å². The summed E-state index contributed by atoms with van der Waals surface area (Å²) in [4.78, 5) is 58.7. The molecule has 0 N–H and O–H groups in total. The minimum Gasteiger partial charge on any atom is -0.312 e. The summed E-state index contributed by atoms with van der Waals surface area (Å²) in [7, 11) is 1.67. The molecular formula is C27H9F4N3O4S2. The van der Waals surface area contributed by atoms with Crippen LogP contribution in [-0.4, -0.2) is 37.7 Å². The molecule has 2 aliphatic rings. The lowest BCUT2D eigenvalue weighted by Crippen LogP contribution is -2.07. The summed E-state index contributed by atoms with van der Waals surface area (Å²) in [6, 6.07) is 2.93. The van der Waals surface area contributed by atoms with Crippen molar-refractivity contribution in [1.82, 2.24) is 14.5 Å². The number of fused-ring (bicyclic) bond motifs is 5. The van der Waals surface area contributed by atoms with Crippen molar-refractivity contribution in [2.45, 2.75) is 0 Å². The quantitative estimate of drug-likeness (QED) is 0.158. The van der Waals surface area contributed by atoms with E-state index in [0.29, 0.717) is 42.8 Å². The van der Waals surface area contributed by atoms with Crippen molar-refractivity contribution < 1.29 is 36.7 Å². The van der Waals surface area contributed by atoms with Crippen molar-refractivity contribution in [3.63, 3.8) is 0 Å². The van der Waals surface area contributed by atoms with E-state index in [-0.39, 0.29) is 22.3 Å². The Bertz CT molecular complexity index is 2000. The molecule has 3 aromatic heterocycles. The highest BCUT2D eigenvalue weighted by atomic mass is 32.1. The predicted octanol–water partition coefficient (Wildman–Crippen LogP) is 5.41. The Hall–Kier alpha value is -4.62. The molecule has 196 valence electrons. The van der Waals surface area contributed by atoms with E-state index in [1.807, 2.05) is 0 Å². The van der Waals surface area contributed by atoms with Crippen LogP contribution in [0.25, 0.3) is 44.0 Å². The van der Waals surface area contributed by atoms with Gasteiger partial charge in [0.15, 0.2) is 11.3 Å². The molecule has 5 aromatic rings. The Morgan fingerprint density at radius 3 is 1.45 bits per heavy atom. The minimum absolute atomic E-state index is 0.146. The average molecular weight is 580 g/mol. The Labute approximate surface area is 227 Å². The van der Waals surface area contributed by atoms with E-state index in [4.69, 9.17) is 0 Å². The van der Waals surface area contributed by atoms with Gasteiger partial charge in [0.1, 0.15) is 33.3 Å². The van der Waals surface area contributed by atoms with Crippen molar-refractivity contribution in [3.8, 4) is 0 Å². The Kier molecular flexibility index (Phi) is 5.00. The van der Waals surface area contributed by atoms with Crippen molar-refractivity contribution >= 4 is 89.8 Å². The zero-order valence-corrected chi connectivity index (χ0v) is 21.4. The van der Waals surface area contributed by atoms with Crippen LogP contribution in [0.5, 0.6) is 0 Å². The highest BCUT2D eigenvalue weighted by molar-refractivity contribution is 7.27. The molecule has 0 aliphatic heterocycles. The number of halogens is 4. The molecule has 2 aliphatic carbocycles. The van der Waals surface area contributed by atoms with Crippen LogP contribution in [-0.2, 0) is 16.6 Å². The number of aromatic nitrogens is 3. The second kappa shape index (κ2) is 8.19. The fourth-order valence-electron chi connectivity index (χ4n) is 4.91. The number of allylic oxidation sites excluding steroid dienone is 2. The number of rotatable bonds is 2. The molecule has 7 rings (SSSR count). The summed E-state index contributed by atoms with van der Waals surface area (Å²) in [6.45, 7) is 0. The Balaban J connectivity index is 1.34. The number of carbonyl (C=O) groups is 4. The summed E-state index contributed by atoms with van der Waals surface area (Å²) in [5, 5.41) is 0.585. The smallest absolute Gasteiger partial charge is 0.237 e. The maximum absolute atomic E-state index is 14.2. The molecule has 13 heteroatoms. The summed E-state index contributed by atoms with van der Waals surface area (Å²) in [5.74, 6) is -8.18. The number of hydrogen-bond acceptors (Lipinski definition) is 8. The summed E-state index contributed by atoms with van der Waals surface area (Å²) >= 11 is 2.28. The van der Waals surface area contributed by atoms with Gasteiger partial charge >= 0.3 is 0 Å². The van der Waals surface area contributed by atoms with Crippen LogP contribution in [0, 0.1) is 23.3 Å². The molecule has 7 nitrogen and oxygen atoms in total. The van der Waals surface area contributed by atoms with E-state index < -0.39 is 57.5 Å². The van der Waals surface area contributed by atoms with Gasteiger partial charge in [-0.2, -0.15) is 0 Å². The molecule has 0 radical (unpaired) electrons. The molecule has 0 fully saturated rings. The normalized spacial score (nSPS) is 16.9. The van der Waals surface area contributed by atoms with Gasteiger partial charge in [-0.3, -0.25) is 19.2 Å². The number of ketones is 4. The zero-order chi connectivity index (χ0) is 28.2. The van der Waals surface area contributed by atoms with Crippen LogP contribution in [0.1, 0.15) is 41.9 Å². The summed E-state index contributed by atoms with van der Waals surface area (Å²) in [6.07, 6.45) is 2.60. The number of benzene rings is 2. The molecule has 40 heavy (non-hydrogen) atoms. The van der Waals surface area contributed by atoms with Gasteiger partial charge in [-0.05, 0) is 24.3 Å². The lowest BCUT2D eigenvalue weighted by molar-refractivity contribution is -0.110. The second-order valence-electron chi connectivity index (χ2n) is 9.02. The van der Waals surface area contributed by atoms with Gasteiger partial charge in [0.2, 0.25) is 23.1 Å². The lowest BCUT2D eigenvalue weighted by atomic mass is 10.1. The topological polar surface area (TPSA) is 99.0 Å². The van der Waals surface area contributed by atoms with E-state index in [0.717, 1.165) is 34.8 Å². The largest absolute Gasteiger partial charge is 0.312 e. The molecule has 0 amide bonds. The van der Waals surface area contributed by atoms with Crippen LogP contribution < -0.4 is 0 Å². The van der Waals surface area contributed by atoms with E-state index in [2.05, 4.69) is 9.97 Å². The maximum Gasteiger partial charge on any atom is 0.237 e. The van der Waals surface area contributed by atoms with Gasteiger partial charge in [0, 0.05) is 41.5 Å². The monoisotopic (exact) mass is 579 g/mol. The number of nitrogens with zero attached hydrogens (tertiary/aromatic N) is 3. The van der Waals surface area contributed by atoms with Crippen LogP contribution in [0.4, 0.5) is 17.6 Å². The van der Waals surface area contributed by atoms with E-state index in [1.165, 1.54) is 12.2 Å². The fourth-order valence-corrected chi connectivity index (χ4v) is 7.12. The highest BCUT2D eigenvalue weighted by Crippen LogP contribution is 2.41. The Morgan fingerprint density at radius 1 is 0.650 bits per heavy atom. The first-order valence-corrected chi connectivity index (χ1v) is 13.0. The molecule has 0 saturated heterocycles. The van der Waals surface area contributed by atoms with Crippen molar-refractivity contribution in [2.75, 3.05) is 0 Å². The van der Waals surface area contributed by atoms with Crippen molar-refractivity contribution in [1.29, 1.82) is 0 Å². The van der Waals surface area contributed by atoms with Crippen LogP contribution in [0.15, 0.2) is 24.3 Å². The third kappa shape index (κ3) is 3.27. The number of hydrogen-bond donors (Lipinski definition) is 0. The van der Waals surface area contributed by atoms with Gasteiger partial charge in [-0.15, -0.1) is 22.7 Å². The van der Waals surface area contributed by atoms with Crippen LogP contribution in [0.3, 0.4) is 0 Å². The van der Waals surface area contributed by atoms with Gasteiger partial charge in [0.25, 0.3) is 0 Å². The lowest BCUT2D eigenvalue weighted by Gasteiger charge is -2.00. The summed E-state index contributed by atoms with van der Waals surface area (Å²) < 4.78 is 59.0. The van der Waals surface area contributed by atoms with E-state index in [9.17, 15) is 36.7 Å². The van der Waals surface area contributed by atoms with Crippen LogP contribution in [0.2, 0.25) is 0 Å². The number of aryl methyl sites for hydroxylation is 1. The predicted molar refractivity (Wildman–Crippen MR) is 139 cm³/mol. The second-order valence-corrected chi connectivity index (χ2v) is 11.1. The summed E-state index contributed by atoms with van der Waals surface area (Å²) in [5.41, 5.74) is -0.648. The Morgan fingerprint density at radius 2 is 1.05 bits per heavy atom. The molecule has 0 atom stereocenters. The first-order valence-electron chi connectivity index (χ1n) is 11.4. The van der Waals surface area contributed by atoms with E-state index >= 15 is 0 Å². The molecular weight excluding hydrogens is 570 g/mol. The molecule has 0 saturated carbocycles. The molecule has 0 bridgehead atoms. The number of thiazole rings is 2. The van der Waals surface area contributed by atoms with E-state index in [1.54, 1.807) is 11.6 Å². The maximum atomic E-state index is 14.2. The molecule has 2 aromatic carbocycles. The van der Waals surface area contributed by atoms with Gasteiger partial charge in [-0.1, -0.05) is 0 Å². The third-order valence-corrected chi connectivity index (χ3v) is 8.82. The van der Waals surface area contributed by atoms with Gasteiger partial charge < -0.3 is 4.57 Å². The number of carbonyl (C=O) groups excluding carboxylic acids is 4. The third-order valence-electron chi connectivity index (χ3n) is 6.68. The fraction of sp³-hybridized carbons (Fsp3) is 0.0370. The first kappa shape index (κ1) is 24.4. The molecule has 0 spiro atoms. The number of Topliss-reactive ketones (excluding diaryl/α,β-unsaturated/α-hetero) is 4. The van der Waals surface area contributed by atoms with Gasteiger partial charge in [0.05, 0.1) is 20.5 Å². The van der Waals surface area contributed by atoms with Crippen LogP contribution >= 0.6 is 22.7 Å². The standard InChI is InChI=1S/C27H9F4N3O4S2/c1-34-26-24(39-16(32-26)6-12-10-2-8(28)4-14(30)18(10)22(37)20(12)35)25-27(34)33-17(40-25)7-13-11-3-9(29)5-15(31)19(11)23(38)21(13)36/h2-7H,1H3/b12-6-,13-7-. The first-order chi connectivity index (χ1) is 19.0. The molecule has 0 unspecified atom stereocenters. The molecule has 3 heterocycles. The highest BCUT2D eigenvalue weighted by Gasteiger charge is 2.38.